The monoisotopic (exact) mass is 511 g/mol. The summed E-state index contributed by atoms with van der Waals surface area (Å²) in [6.07, 6.45) is 15.5. The van der Waals surface area contributed by atoms with Crippen LogP contribution >= 0.6 is 27.5 Å². The van der Waals surface area contributed by atoms with E-state index in [-0.39, 0.29) is 22.5 Å². The fourth-order valence-electron chi connectivity index (χ4n) is 4.29. The second kappa shape index (κ2) is 14.9. The third-order valence-electron chi connectivity index (χ3n) is 6.16. The van der Waals surface area contributed by atoms with Gasteiger partial charge in [-0.15, -0.1) is 11.6 Å². The van der Waals surface area contributed by atoms with Gasteiger partial charge in [-0.1, -0.05) is 112 Å². The van der Waals surface area contributed by atoms with Crippen molar-refractivity contribution in [1.82, 2.24) is 4.98 Å². The standard InChI is InChI=1S/C26H39BrClNO2/c1-2-3-4-5-6-7-8-9-10-11-12-16-22(27)26(28)21(19-25(30)31)24-18-20-15-13-14-17-23(20)29-24/h13-15,17-18,21-22,26,29H,2-12,16,19H2,1H3,(H,30,31). The van der Waals surface area contributed by atoms with Crippen LogP contribution in [0.25, 0.3) is 10.9 Å². The Bertz CT molecular complexity index is 730. The second-order valence-corrected chi connectivity index (χ2v) is 10.5. The van der Waals surface area contributed by atoms with Crippen LogP contribution in [-0.2, 0) is 4.79 Å². The van der Waals surface area contributed by atoms with Crippen LogP contribution in [0.3, 0.4) is 0 Å². The van der Waals surface area contributed by atoms with Crippen molar-refractivity contribution in [3.05, 3.63) is 36.0 Å². The van der Waals surface area contributed by atoms with Crippen molar-refractivity contribution in [3.8, 4) is 0 Å². The summed E-state index contributed by atoms with van der Waals surface area (Å²) < 4.78 is 0. The Kier molecular flexibility index (Phi) is 12.7. The van der Waals surface area contributed by atoms with E-state index in [4.69, 9.17) is 11.6 Å². The van der Waals surface area contributed by atoms with E-state index in [1.54, 1.807) is 0 Å². The predicted octanol–water partition coefficient (Wildman–Crippen LogP) is 8.80. The van der Waals surface area contributed by atoms with Crippen LogP contribution in [0.1, 0.15) is 102 Å². The highest BCUT2D eigenvalue weighted by molar-refractivity contribution is 9.09. The summed E-state index contributed by atoms with van der Waals surface area (Å²) in [6.45, 7) is 2.26. The van der Waals surface area contributed by atoms with Crippen LogP contribution in [0.4, 0.5) is 0 Å². The Balaban J connectivity index is 1.72. The number of para-hydroxylation sites is 1. The molecule has 0 spiro atoms. The average molecular weight is 513 g/mol. The summed E-state index contributed by atoms with van der Waals surface area (Å²) in [4.78, 5) is 15.0. The number of alkyl halides is 2. The Morgan fingerprint density at radius 2 is 1.58 bits per heavy atom. The van der Waals surface area contributed by atoms with E-state index in [0.717, 1.165) is 29.4 Å². The van der Waals surface area contributed by atoms with Crippen LogP contribution in [0, 0.1) is 0 Å². The molecule has 0 aliphatic carbocycles. The van der Waals surface area contributed by atoms with E-state index >= 15 is 0 Å². The number of aromatic amines is 1. The first-order chi connectivity index (χ1) is 15.0. The Morgan fingerprint density at radius 1 is 1.00 bits per heavy atom. The third-order valence-corrected chi connectivity index (χ3v) is 8.10. The van der Waals surface area contributed by atoms with Crippen LogP contribution in [0.5, 0.6) is 0 Å². The van der Waals surface area contributed by atoms with E-state index in [9.17, 15) is 9.90 Å². The Morgan fingerprint density at radius 3 is 2.16 bits per heavy atom. The van der Waals surface area contributed by atoms with Gasteiger partial charge in [-0.3, -0.25) is 4.79 Å². The van der Waals surface area contributed by atoms with Crippen LogP contribution in [0.2, 0.25) is 0 Å². The summed E-state index contributed by atoms with van der Waals surface area (Å²) in [5.41, 5.74) is 1.93. The van der Waals surface area contributed by atoms with Gasteiger partial charge in [0.25, 0.3) is 0 Å². The van der Waals surface area contributed by atoms with Gasteiger partial charge in [0.2, 0.25) is 0 Å². The van der Waals surface area contributed by atoms with Crippen molar-refractivity contribution in [3.63, 3.8) is 0 Å². The van der Waals surface area contributed by atoms with Gasteiger partial charge in [0.15, 0.2) is 0 Å². The first-order valence-corrected chi connectivity index (χ1v) is 13.5. The summed E-state index contributed by atoms with van der Waals surface area (Å²) in [5.74, 6) is -1.06. The molecule has 0 fully saturated rings. The lowest BCUT2D eigenvalue weighted by Gasteiger charge is -2.24. The maximum atomic E-state index is 11.5. The lowest BCUT2D eigenvalue weighted by molar-refractivity contribution is -0.137. The molecule has 3 atom stereocenters. The summed E-state index contributed by atoms with van der Waals surface area (Å²) in [5, 5.41) is 10.3. The van der Waals surface area contributed by atoms with Gasteiger partial charge >= 0.3 is 5.97 Å². The zero-order valence-corrected chi connectivity index (χ0v) is 21.3. The van der Waals surface area contributed by atoms with Crippen molar-refractivity contribution in [2.45, 2.75) is 107 Å². The molecule has 0 bridgehead atoms. The number of hydrogen-bond acceptors (Lipinski definition) is 1. The number of hydrogen-bond donors (Lipinski definition) is 2. The molecule has 2 aromatic rings. The topological polar surface area (TPSA) is 53.1 Å². The summed E-state index contributed by atoms with van der Waals surface area (Å²) in [7, 11) is 0. The zero-order valence-electron chi connectivity index (χ0n) is 18.9. The number of carboxylic acid groups (broad SMARTS) is 1. The van der Waals surface area contributed by atoms with E-state index < -0.39 is 5.97 Å². The van der Waals surface area contributed by atoms with Gasteiger partial charge < -0.3 is 10.1 Å². The van der Waals surface area contributed by atoms with Crippen molar-refractivity contribution in [2.75, 3.05) is 0 Å². The molecule has 1 heterocycles. The average Bonchev–Trinajstić information content (AvgIpc) is 3.19. The largest absolute Gasteiger partial charge is 0.481 e. The maximum Gasteiger partial charge on any atom is 0.304 e. The molecular formula is C26H39BrClNO2. The van der Waals surface area contributed by atoms with Crippen molar-refractivity contribution < 1.29 is 9.90 Å². The lowest BCUT2D eigenvalue weighted by Crippen LogP contribution is -2.25. The number of rotatable bonds is 17. The molecule has 0 radical (unpaired) electrons. The quantitative estimate of drug-likeness (QED) is 0.164. The van der Waals surface area contributed by atoms with Crippen molar-refractivity contribution in [1.29, 1.82) is 0 Å². The highest BCUT2D eigenvalue weighted by Gasteiger charge is 2.30. The van der Waals surface area contributed by atoms with Gasteiger partial charge in [-0.2, -0.15) is 0 Å². The number of carbonyl (C=O) groups is 1. The molecule has 0 aliphatic heterocycles. The maximum absolute atomic E-state index is 11.5. The minimum absolute atomic E-state index is 0.0291. The molecule has 0 aliphatic rings. The molecule has 174 valence electrons. The highest BCUT2D eigenvalue weighted by Crippen LogP contribution is 2.35. The van der Waals surface area contributed by atoms with Crippen LogP contribution in [-0.4, -0.2) is 26.3 Å². The zero-order chi connectivity index (χ0) is 22.5. The number of halogens is 2. The van der Waals surface area contributed by atoms with Gasteiger partial charge in [-0.05, 0) is 23.9 Å². The molecule has 1 aromatic heterocycles. The highest BCUT2D eigenvalue weighted by atomic mass is 79.9. The summed E-state index contributed by atoms with van der Waals surface area (Å²) >= 11 is 10.6. The van der Waals surface area contributed by atoms with Gasteiger partial charge in [0, 0.05) is 22.0 Å². The van der Waals surface area contributed by atoms with E-state index in [1.165, 1.54) is 64.2 Å². The van der Waals surface area contributed by atoms with Gasteiger partial charge in [-0.25, -0.2) is 0 Å². The Labute approximate surface area is 201 Å². The molecule has 2 rings (SSSR count). The van der Waals surface area contributed by atoms with Gasteiger partial charge in [0.05, 0.1) is 11.8 Å². The second-order valence-electron chi connectivity index (χ2n) is 8.80. The predicted molar refractivity (Wildman–Crippen MR) is 137 cm³/mol. The fourth-order valence-corrected chi connectivity index (χ4v) is 5.34. The number of nitrogens with one attached hydrogen (secondary N) is 1. The molecule has 0 amide bonds. The number of H-pyrrole nitrogens is 1. The first kappa shape index (κ1) is 26.3. The normalized spacial score (nSPS) is 14.5. The molecule has 3 unspecified atom stereocenters. The van der Waals surface area contributed by atoms with Gasteiger partial charge in [0.1, 0.15) is 0 Å². The fraction of sp³-hybridized carbons (Fsp3) is 0.654. The number of carboxylic acids is 1. The minimum atomic E-state index is -0.816. The molecular weight excluding hydrogens is 474 g/mol. The number of aromatic nitrogens is 1. The van der Waals surface area contributed by atoms with E-state index in [1.807, 2.05) is 30.3 Å². The van der Waals surface area contributed by atoms with Crippen molar-refractivity contribution >= 4 is 44.4 Å². The number of unbranched alkanes of at least 4 members (excludes halogenated alkanes) is 10. The van der Waals surface area contributed by atoms with Crippen molar-refractivity contribution in [2.24, 2.45) is 0 Å². The molecule has 0 saturated heterocycles. The number of aliphatic carboxylic acids is 1. The van der Waals surface area contributed by atoms with E-state index in [2.05, 4.69) is 27.8 Å². The number of benzene rings is 1. The molecule has 0 saturated carbocycles. The molecule has 2 N–H and O–H groups in total. The summed E-state index contributed by atoms with van der Waals surface area (Å²) in [6, 6.07) is 10.1. The molecule has 31 heavy (non-hydrogen) atoms. The molecule has 3 nitrogen and oxygen atoms in total. The van der Waals surface area contributed by atoms with E-state index in [0.29, 0.717) is 0 Å². The van der Waals surface area contributed by atoms with Crippen LogP contribution < -0.4 is 0 Å². The minimum Gasteiger partial charge on any atom is -0.481 e. The lowest BCUT2D eigenvalue weighted by atomic mass is 9.93. The molecule has 1 aromatic carbocycles. The SMILES string of the molecule is CCCCCCCCCCCCCC(Br)C(Cl)C(CC(=O)O)c1cc2ccccc2[nH]1. The third kappa shape index (κ3) is 9.57. The van der Waals surface area contributed by atoms with Crippen LogP contribution in [0.15, 0.2) is 30.3 Å². The first-order valence-electron chi connectivity index (χ1n) is 12.1. The molecule has 5 heteroatoms. The smallest absolute Gasteiger partial charge is 0.304 e. The number of fused-ring (bicyclic) bond motifs is 1. The Hall–Kier alpha value is -1.00.